The smallest absolute Gasteiger partial charge is 0.272 e. The molecule has 1 atom stereocenters. The van der Waals surface area contributed by atoms with E-state index in [2.05, 4.69) is 32.3 Å². The summed E-state index contributed by atoms with van der Waals surface area (Å²) in [6.45, 7) is 7.83. The SMILES string of the molecule is CC/C(=C\C(=C/N)CN1CCC(F)(F)CC1)c1ccc2[nH]nc(C(=O)NC3C=CC(CN4CCOCC4)=NC3)c2c1. The van der Waals surface area contributed by atoms with E-state index in [-0.39, 0.29) is 24.8 Å². The quantitative estimate of drug-likeness (QED) is 0.401. The number of aromatic amines is 1. The minimum Gasteiger partial charge on any atom is -0.404 e. The number of morpholine rings is 1. The van der Waals surface area contributed by atoms with Gasteiger partial charge in [-0.25, -0.2) is 8.78 Å². The molecule has 5 rings (SSSR count). The predicted molar refractivity (Wildman–Crippen MR) is 157 cm³/mol. The zero-order valence-electron chi connectivity index (χ0n) is 23.5. The second-order valence-electron chi connectivity index (χ2n) is 10.9. The summed E-state index contributed by atoms with van der Waals surface area (Å²) >= 11 is 0. The molecule has 1 amide bonds. The van der Waals surface area contributed by atoms with Crippen LogP contribution >= 0.6 is 0 Å². The molecule has 9 nitrogen and oxygen atoms in total. The molecule has 0 aliphatic carbocycles. The number of carbonyl (C=O) groups is 1. The summed E-state index contributed by atoms with van der Waals surface area (Å²) in [7, 11) is 0. The second kappa shape index (κ2) is 13.1. The van der Waals surface area contributed by atoms with Gasteiger partial charge in [0.05, 0.1) is 31.3 Å². The summed E-state index contributed by atoms with van der Waals surface area (Å²) in [5.41, 5.74) is 10.9. The average Bonchev–Trinajstić information content (AvgIpc) is 3.41. The molecule has 220 valence electrons. The number of piperidine rings is 1. The number of halogens is 2. The number of H-pyrrole nitrogens is 1. The Kier molecular flexibility index (Phi) is 9.26. The minimum atomic E-state index is -2.58. The van der Waals surface area contributed by atoms with Gasteiger partial charge in [-0.2, -0.15) is 5.10 Å². The van der Waals surface area contributed by atoms with Gasteiger partial charge < -0.3 is 15.8 Å². The minimum absolute atomic E-state index is 0.129. The number of rotatable bonds is 9. The highest BCUT2D eigenvalue weighted by atomic mass is 19.3. The van der Waals surface area contributed by atoms with Gasteiger partial charge in [-0.05, 0) is 47.5 Å². The Labute approximate surface area is 239 Å². The number of ether oxygens (including phenoxy) is 1. The number of nitrogens with one attached hydrogen (secondary N) is 2. The molecule has 4 heterocycles. The molecule has 1 unspecified atom stereocenters. The van der Waals surface area contributed by atoms with Crippen molar-refractivity contribution in [1.82, 2.24) is 25.3 Å². The molecule has 3 aliphatic rings. The van der Waals surface area contributed by atoms with Crippen LogP contribution in [0.2, 0.25) is 0 Å². The van der Waals surface area contributed by atoms with Crippen molar-refractivity contribution in [3.8, 4) is 0 Å². The standard InChI is InChI=1S/C30H39F2N7O2/c1-2-22(15-21(17-33)19-38-9-7-30(31,32)8-10-38)23-3-6-27-26(16-23)28(37-36-27)29(40)35-24-4-5-25(34-18-24)20-39-11-13-41-14-12-39/h3-6,15-17,24H,2,7-14,18-20,33H2,1H3,(H,35,40)(H,36,37)/b21-17+,22-15+. The number of aliphatic imine (C=N–C) groups is 1. The molecule has 4 N–H and O–H groups in total. The van der Waals surface area contributed by atoms with Crippen LogP contribution in [0.15, 0.2) is 53.2 Å². The highest BCUT2D eigenvalue weighted by Gasteiger charge is 2.33. The molecule has 1 aromatic carbocycles. The van der Waals surface area contributed by atoms with Gasteiger partial charge in [0.2, 0.25) is 0 Å². The van der Waals surface area contributed by atoms with E-state index in [1.165, 1.54) is 0 Å². The van der Waals surface area contributed by atoms with Gasteiger partial charge >= 0.3 is 0 Å². The Morgan fingerprint density at radius 3 is 2.68 bits per heavy atom. The third kappa shape index (κ3) is 7.46. The maximum Gasteiger partial charge on any atom is 0.272 e. The molecular formula is C30H39F2N7O2. The fraction of sp³-hybridized carbons (Fsp3) is 0.500. The first-order valence-corrected chi connectivity index (χ1v) is 14.4. The van der Waals surface area contributed by atoms with Crippen LogP contribution in [0.1, 0.15) is 42.2 Å². The number of nitrogens with two attached hydrogens (primary N) is 1. The van der Waals surface area contributed by atoms with Crippen LogP contribution in [0.4, 0.5) is 8.78 Å². The number of alkyl halides is 2. The van der Waals surface area contributed by atoms with Crippen molar-refractivity contribution < 1.29 is 18.3 Å². The Morgan fingerprint density at radius 2 is 2.00 bits per heavy atom. The van der Waals surface area contributed by atoms with Gasteiger partial charge in [0, 0.05) is 63.2 Å². The second-order valence-corrected chi connectivity index (χ2v) is 10.9. The van der Waals surface area contributed by atoms with Crippen LogP contribution in [-0.2, 0) is 4.74 Å². The van der Waals surface area contributed by atoms with E-state index in [1.807, 2.05) is 41.3 Å². The van der Waals surface area contributed by atoms with Crippen molar-refractivity contribution in [3.63, 3.8) is 0 Å². The first kappa shape index (κ1) is 29.1. The van der Waals surface area contributed by atoms with Crippen molar-refractivity contribution in [2.75, 3.05) is 59.0 Å². The number of aromatic nitrogens is 2. The maximum atomic E-state index is 13.6. The Balaban J connectivity index is 1.24. The number of benzene rings is 1. The monoisotopic (exact) mass is 567 g/mol. The normalized spacial score (nSPS) is 22.6. The van der Waals surface area contributed by atoms with E-state index in [1.54, 1.807) is 6.20 Å². The molecule has 2 saturated heterocycles. The molecule has 0 spiro atoms. The van der Waals surface area contributed by atoms with E-state index >= 15 is 0 Å². The topological polar surface area (TPSA) is 112 Å². The largest absolute Gasteiger partial charge is 0.404 e. The van der Waals surface area contributed by atoms with Gasteiger partial charge in [-0.1, -0.05) is 25.1 Å². The van der Waals surface area contributed by atoms with Crippen molar-refractivity contribution in [1.29, 1.82) is 0 Å². The van der Waals surface area contributed by atoms with Gasteiger partial charge in [0.1, 0.15) is 0 Å². The highest BCUT2D eigenvalue weighted by molar-refractivity contribution is 6.05. The average molecular weight is 568 g/mol. The van der Waals surface area contributed by atoms with E-state index in [4.69, 9.17) is 10.5 Å². The molecule has 3 aliphatic heterocycles. The van der Waals surface area contributed by atoms with Crippen LogP contribution < -0.4 is 11.1 Å². The van der Waals surface area contributed by atoms with Gasteiger partial charge in [-0.3, -0.25) is 24.7 Å². The number of hydrogen-bond donors (Lipinski definition) is 3. The lowest BCUT2D eigenvalue weighted by atomic mass is 9.98. The van der Waals surface area contributed by atoms with Crippen molar-refractivity contribution in [2.45, 2.75) is 38.2 Å². The molecule has 1 aromatic heterocycles. The van der Waals surface area contributed by atoms with Crippen LogP contribution in [-0.4, -0.2) is 103 Å². The third-order valence-corrected chi connectivity index (χ3v) is 7.91. The molecule has 41 heavy (non-hydrogen) atoms. The van der Waals surface area contributed by atoms with Gasteiger partial charge in [-0.15, -0.1) is 0 Å². The van der Waals surface area contributed by atoms with Crippen molar-refractivity contribution >= 4 is 28.1 Å². The molecule has 2 aromatic rings. The highest BCUT2D eigenvalue weighted by Crippen LogP contribution is 2.29. The third-order valence-electron chi connectivity index (χ3n) is 7.91. The first-order valence-electron chi connectivity index (χ1n) is 14.4. The number of amides is 1. The lowest BCUT2D eigenvalue weighted by molar-refractivity contribution is -0.0533. The Bertz CT molecular complexity index is 1350. The molecule has 0 radical (unpaired) electrons. The van der Waals surface area contributed by atoms with E-state index in [9.17, 15) is 13.6 Å². The number of allylic oxidation sites excluding steroid dienone is 1. The molecule has 2 fully saturated rings. The molecular weight excluding hydrogens is 528 g/mol. The summed E-state index contributed by atoms with van der Waals surface area (Å²) in [6.07, 6.45) is 8.02. The lowest BCUT2D eigenvalue weighted by Crippen LogP contribution is -2.41. The van der Waals surface area contributed by atoms with Crippen molar-refractivity contribution in [2.24, 2.45) is 10.7 Å². The number of nitrogens with zero attached hydrogens (tertiary/aromatic N) is 4. The zero-order valence-corrected chi connectivity index (χ0v) is 23.5. The summed E-state index contributed by atoms with van der Waals surface area (Å²) in [6, 6.07) is 5.67. The van der Waals surface area contributed by atoms with Crippen LogP contribution in [0.3, 0.4) is 0 Å². The Hall–Kier alpha value is -3.41. The predicted octanol–water partition coefficient (Wildman–Crippen LogP) is 3.37. The van der Waals surface area contributed by atoms with Crippen LogP contribution in [0.5, 0.6) is 0 Å². The van der Waals surface area contributed by atoms with E-state index < -0.39 is 5.92 Å². The zero-order chi connectivity index (χ0) is 28.8. The van der Waals surface area contributed by atoms with Crippen LogP contribution in [0.25, 0.3) is 16.5 Å². The number of fused-ring (bicyclic) bond motifs is 1. The number of carbonyl (C=O) groups excluding carboxylic acids is 1. The fourth-order valence-corrected chi connectivity index (χ4v) is 5.42. The van der Waals surface area contributed by atoms with Crippen LogP contribution in [0, 0.1) is 0 Å². The number of hydrogen-bond acceptors (Lipinski definition) is 7. The summed E-state index contributed by atoms with van der Waals surface area (Å²) in [4.78, 5) is 22.2. The number of likely N-dealkylation sites (tertiary alicyclic amines) is 1. The molecule has 11 heteroatoms. The summed E-state index contributed by atoms with van der Waals surface area (Å²) in [5, 5.41) is 11.0. The van der Waals surface area contributed by atoms with Gasteiger partial charge in [0.25, 0.3) is 11.8 Å². The molecule has 0 saturated carbocycles. The van der Waals surface area contributed by atoms with E-state index in [0.717, 1.165) is 72.6 Å². The van der Waals surface area contributed by atoms with E-state index in [0.29, 0.717) is 31.9 Å². The fourth-order valence-electron chi connectivity index (χ4n) is 5.42. The van der Waals surface area contributed by atoms with Crippen molar-refractivity contribution in [3.05, 3.63) is 59.5 Å². The maximum absolute atomic E-state index is 13.6. The summed E-state index contributed by atoms with van der Waals surface area (Å²) < 4.78 is 32.6. The Morgan fingerprint density at radius 1 is 1.22 bits per heavy atom. The molecule has 0 bridgehead atoms. The summed E-state index contributed by atoms with van der Waals surface area (Å²) in [5.74, 6) is -2.84. The first-order chi connectivity index (χ1) is 19.8. The van der Waals surface area contributed by atoms with Gasteiger partial charge in [0.15, 0.2) is 5.69 Å². The lowest BCUT2D eigenvalue weighted by Gasteiger charge is -2.31. The number of dihydropyridines is 1.